The summed E-state index contributed by atoms with van der Waals surface area (Å²) in [6.45, 7) is 0.293. The Hall–Kier alpha value is -3.29. The van der Waals surface area contributed by atoms with E-state index in [0.29, 0.717) is 30.4 Å². The first-order valence-electron chi connectivity index (χ1n) is 9.24. The van der Waals surface area contributed by atoms with Crippen LogP contribution in [0, 0.1) is 11.6 Å². The molecule has 29 heavy (non-hydrogen) atoms. The van der Waals surface area contributed by atoms with Crippen LogP contribution in [0.3, 0.4) is 0 Å². The topological polar surface area (TPSA) is 68.5 Å². The Balaban J connectivity index is 1.40. The molecule has 1 aliphatic heterocycles. The lowest BCUT2D eigenvalue weighted by Gasteiger charge is -2.16. The summed E-state index contributed by atoms with van der Waals surface area (Å²) in [5.41, 5.74) is 1.44. The highest BCUT2D eigenvalue weighted by Gasteiger charge is 2.34. The van der Waals surface area contributed by atoms with E-state index in [9.17, 15) is 13.6 Å². The number of rotatable bonds is 6. The molecule has 3 aromatic rings. The molecule has 2 aromatic carbocycles. The van der Waals surface area contributed by atoms with Gasteiger partial charge in [0.2, 0.25) is 11.8 Å². The normalized spacial score (nSPS) is 16.4. The third kappa shape index (κ3) is 4.11. The van der Waals surface area contributed by atoms with Crippen LogP contribution < -0.4 is 9.64 Å². The Labute approximate surface area is 166 Å². The van der Waals surface area contributed by atoms with Gasteiger partial charge in [0.05, 0.1) is 7.11 Å². The minimum Gasteiger partial charge on any atom is -0.497 e. The fraction of sp³-hybridized carbons (Fsp3) is 0.286. The van der Waals surface area contributed by atoms with E-state index in [0.717, 1.165) is 29.9 Å². The minimum absolute atomic E-state index is 0.189. The third-order valence-corrected chi connectivity index (χ3v) is 4.98. The fourth-order valence-electron chi connectivity index (χ4n) is 3.36. The van der Waals surface area contributed by atoms with Gasteiger partial charge in [-0.05, 0) is 36.2 Å². The zero-order valence-corrected chi connectivity index (χ0v) is 15.8. The summed E-state index contributed by atoms with van der Waals surface area (Å²) in [4.78, 5) is 18.2. The lowest BCUT2D eigenvalue weighted by atomic mass is 10.1. The standard InChI is InChI=1S/C21H19F2N3O3/c1-28-16-6-2-13(3-7-16)4-9-19-24-21(25-29-19)14-10-20(27)26(12-14)15-5-8-17(22)18(23)11-15/h2-3,5-8,11,14H,4,9-10,12H2,1H3. The van der Waals surface area contributed by atoms with Gasteiger partial charge in [-0.1, -0.05) is 17.3 Å². The molecule has 1 saturated heterocycles. The molecule has 0 saturated carbocycles. The summed E-state index contributed by atoms with van der Waals surface area (Å²) in [6, 6.07) is 11.2. The second kappa shape index (κ2) is 7.98. The van der Waals surface area contributed by atoms with Crippen molar-refractivity contribution in [2.45, 2.75) is 25.2 Å². The minimum atomic E-state index is -0.987. The predicted molar refractivity (Wildman–Crippen MR) is 101 cm³/mol. The molecule has 8 heteroatoms. The number of aromatic nitrogens is 2. The molecule has 6 nitrogen and oxygen atoms in total. The van der Waals surface area contributed by atoms with E-state index >= 15 is 0 Å². The summed E-state index contributed by atoms with van der Waals surface area (Å²) >= 11 is 0. The molecule has 0 radical (unpaired) electrons. The number of nitrogens with zero attached hydrogens (tertiary/aromatic N) is 3. The molecule has 1 unspecified atom stereocenters. The maximum absolute atomic E-state index is 13.5. The Morgan fingerprint density at radius 3 is 2.66 bits per heavy atom. The van der Waals surface area contributed by atoms with E-state index in [-0.39, 0.29) is 18.2 Å². The summed E-state index contributed by atoms with van der Waals surface area (Å²) in [5, 5.41) is 4.01. The molecule has 150 valence electrons. The van der Waals surface area contributed by atoms with Gasteiger partial charge in [0, 0.05) is 37.1 Å². The summed E-state index contributed by atoms with van der Waals surface area (Å²) in [6.07, 6.45) is 1.50. The van der Waals surface area contributed by atoms with Gasteiger partial charge in [-0.15, -0.1) is 0 Å². The molecule has 0 N–H and O–H groups in total. The molecule has 0 bridgehead atoms. The van der Waals surface area contributed by atoms with E-state index < -0.39 is 11.6 Å². The van der Waals surface area contributed by atoms with Crippen molar-refractivity contribution >= 4 is 11.6 Å². The van der Waals surface area contributed by atoms with Crippen molar-refractivity contribution < 1.29 is 22.8 Å². The Morgan fingerprint density at radius 1 is 1.14 bits per heavy atom. The van der Waals surface area contributed by atoms with Crippen LogP contribution in [0.1, 0.15) is 29.6 Å². The number of hydrogen-bond donors (Lipinski definition) is 0. The van der Waals surface area contributed by atoms with Gasteiger partial charge in [0.15, 0.2) is 17.5 Å². The Bertz CT molecular complexity index is 1020. The molecular weight excluding hydrogens is 380 g/mol. The van der Waals surface area contributed by atoms with Gasteiger partial charge in [-0.25, -0.2) is 8.78 Å². The molecule has 4 rings (SSSR count). The lowest BCUT2D eigenvalue weighted by molar-refractivity contribution is -0.117. The van der Waals surface area contributed by atoms with Crippen LogP contribution in [0.15, 0.2) is 47.0 Å². The number of amides is 1. The number of methoxy groups -OCH3 is 1. The van der Waals surface area contributed by atoms with Gasteiger partial charge in [-0.3, -0.25) is 4.79 Å². The van der Waals surface area contributed by atoms with E-state index in [1.165, 1.54) is 11.0 Å². The molecule has 1 aromatic heterocycles. The van der Waals surface area contributed by atoms with E-state index in [4.69, 9.17) is 9.26 Å². The molecule has 1 aliphatic rings. The van der Waals surface area contributed by atoms with Crippen LogP contribution in [0.4, 0.5) is 14.5 Å². The third-order valence-electron chi connectivity index (χ3n) is 4.98. The van der Waals surface area contributed by atoms with Crippen molar-refractivity contribution in [1.82, 2.24) is 10.1 Å². The number of anilines is 1. The average molecular weight is 399 g/mol. The summed E-state index contributed by atoms with van der Waals surface area (Å²) < 4.78 is 37.1. The number of carbonyl (C=O) groups excluding carboxylic acids is 1. The maximum atomic E-state index is 13.5. The number of aryl methyl sites for hydroxylation is 2. The monoisotopic (exact) mass is 399 g/mol. The molecule has 1 atom stereocenters. The largest absolute Gasteiger partial charge is 0.497 e. The van der Waals surface area contributed by atoms with E-state index in [2.05, 4.69) is 10.1 Å². The van der Waals surface area contributed by atoms with E-state index in [1.807, 2.05) is 24.3 Å². The number of carbonyl (C=O) groups is 1. The first-order chi connectivity index (χ1) is 14.0. The number of hydrogen-bond acceptors (Lipinski definition) is 5. The zero-order chi connectivity index (χ0) is 20.4. The first-order valence-corrected chi connectivity index (χ1v) is 9.24. The molecule has 1 amide bonds. The summed E-state index contributed by atoms with van der Waals surface area (Å²) in [5.74, 6) is -0.636. The first kappa shape index (κ1) is 19.0. The number of benzene rings is 2. The second-order valence-electron chi connectivity index (χ2n) is 6.90. The van der Waals surface area contributed by atoms with Crippen LogP contribution in [0.25, 0.3) is 0 Å². The van der Waals surface area contributed by atoms with Crippen molar-refractivity contribution in [3.63, 3.8) is 0 Å². The van der Waals surface area contributed by atoms with Gasteiger partial charge in [0.25, 0.3) is 0 Å². The zero-order valence-electron chi connectivity index (χ0n) is 15.8. The summed E-state index contributed by atoms with van der Waals surface area (Å²) in [7, 11) is 1.62. The van der Waals surface area contributed by atoms with Crippen LogP contribution in [-0.2, 0) is 17.6 Å². The lowest BCUT2D eigenvalue weighted by Crippen LogP contribution is -2.24. The van der Waals surface area contributed by atoms with Gasteiger partial charge >= 0.3 is 0 Å². The average Bonchev–Trinajstić information content (AvgIpc) is 3.35. The quantitative estimate of drug-likeness (QED) is 0.633. The molecule has 0 aliphatic carbocycles. The Morgan fingerprint density at radius 2 is 1.93 bits per heavy atom. The molecule has 1 fully saturated rings. The van der Waals surface area contributed by atoms with Crippen molar-refractivity contribution in [2.24, 2.45) is 0 Å². The smallest absolute Gasteiger partial charge is 0.227 e. The molecule has 2 heterocycles. The van der Waals surface area contributed by atoms with E-state index in [1.54, 1.807) is 7.11 Å². The van der Waals surface area contributed by atoms with Crippen LogP contribution in [0.5, 0.6) is 5.75 Å². The highest BCUT2D eigenvalue weighted by molar-refractivity contribution is 5.96. The van der Waals surface area contributed by atoms with Crippen molar-refractivity contribution in [3.8, 4) is 5.75 Å². The highest BCUT2D eigenvalue weighted by atomic mass is 19.2. The molecular formula is C21H19F2N3O3. The number of halogens is 2. The Kier molecular flexibility index (Phi) is 5.24. The fourth-order valence-corrected chi connectivity index (χ4v) is 3.36. The van der Waals surface area contributed by atoms with Gasteiger partial charge < -0.3 is 14.2 Å². The van der Waals surface area contributed by atoms with Crippen molar-refractivity contribution in [2.75, 3.05) is 18.6 Å². The van der Waals surface area contributed by atoms with Crippen molar-refractivity contribution in [3.05, 3.63) is 71.4 Å². The maximum Gasteiger partial charge on any atom is 0.227 e. The van der Waals surface area contributed by atoms with Gasteiger partial charge in [0.1, 0.15) is 5.75 Å². The van der Waals surface area contributed by atoms with Crippen LogP contribution >= 0.6 is 0 Å². The van der Waals surface area contributed by atoms with Crippen LogP contribution in [0.2, 0.25) is 0 Å². The van der Waals surface area contributed by atoms with Crippen LogP contribution in [-0.4, -0.2) is 29.7 Å². The SMILES string of the molecule is COc1ccc(CCc2nc(C3CC(=O)N(c4ccc(F)c(F)c4)C3)no2)cc1. The number of ether oxygens (including phenoxy) is 1. The molecule has 0 spiro atoms. The van der Waals surface area contributed by atoms with Crippen molar-refractivity contribution in [1.29, 1.82) is 0 Å². The second-order valence-corrected chi connectivity index (χ2v) is 6.90. The highest BCUT2D eigenvalue weighted by Crippen LogP contribution is 2.31. The predicted octanol–water partition coefficient (Wildman–Crippen LogP) is 3.66. The van der Waals surface area contributed by atoms with Gasteiger partial charge in [-0.2, -0.15) is 4.98 Å².